The Kier molecular flexibility index (Phi) is 5.19. The summed E-state index contributed by atoms with van der Waals surface area (Å²) in [6.45, 7) is 1.60. The number of likely N-dealkylation sites (N-methyl/N-ethyl adjacent to an activating group) is 1. The van der Waals surface area contributed by atoms with Gasteiger partial charge in [0, 0.05) is 34.9 Å². The fourth-order valence-corrected chi connectivity index (χ4v) is 2.85. The Labute approximate surface area is 121 Å². The van der Waals surface area contributed by atoms with Crippen LogP contribution in [-0.4, -0.2) is 43.5 Å². The van der Waals surface area contributed by atoms with Gasteiger partial charge in [-0.05, 0) is 6.07 Å². The number of halogens is 1. The molecule has 0 N–H and O–H groups in total. The van der Waals surface area contributed by atoms with E-state index in [1.165, 1.54) is 0 Å². The molecule has 0 aliphatic heterocycles. The van der Waals surface area contributed by atoms with Crippen molar-refractivity contribution in [1.29, 1.82) is 0 Å². The molecule has 2 rings (SSSR count). The van der Waals surface area contributed by atoms with Gasteiger partial charge in [0.2, 0.25) is 0 Å². The van der Waals surface area contributed by atoms with E-state index in [1.807, 2.05) is 29.6 Å². The monoisotopic (exact) mass is 297 g/mol. The summed E-state index contributed by atoms with van der Waals surface area (Å²) in [7, 11) is 1.79. The third-order valence-electron chi connectivity index (χ3n) is 2.85. The van der Waals surface area contributed by atoms with E-state index in [1.54, 1.807) is 23.3 Å². The van der Waals surface area contributed by atoms with Crippen LogP contribution in [0.4, 0.5) is 0 Å². The molecule has 0 fully saturated rings. The number of thiophene rings is 1. The minimum atomic E-state index is 0.0342. The van der Waals surface area contributed by atoms with Crippen LogP contribution in [0.3, 0.4) is 0 Å². The normalized spacial score (nSPS) is 10.8. The molecule has 0 unspecified atom stereocenters. The fourth-order valence-electron chi connectivity index (χ4n) is 1.81. The van der Waals surface area contributed by atoms with E-state index < -0.39 is 0 Å². The highest BCUT2D eigenvalue weighted by Crippen LogP contribution is 2.26. The van der Waals surface area contributed by atoms with Crippen LogP contribution in [0.25, 0.3) is 10.1 Å². The van der Waals surface area contributed by atoms with Crippen LogP contribution < -0.4 is 0 Å². The first-order valence-electron chi connectivity index (χ1n) is 6.09. The van der Waals surface area contributed by atoms with Gasteiger partial charge in [0.05, 0.1) is 18.8 Å². The minimum Gasteiger partial charge on any atom is -0.378 e. The van der Waals surface area contributed by atoms with Gasteiger partial charge in [0.1, 0.15) is 0 Å². The van der Waals surface area contributed by atoms with Crippen molar-refractivity contribution in [2.24, 2.45) is 0 Å². The Hall–Kier alpha value is -1.10. The highest BCUT2D eigenvalue weighted by Gasteiger charge is 2.15. The molecule has 3 nitrogen and oxygen atoms in total. The van der Waals surface area contributed by atoms with Crippen molar-refractivity contribution in [3.05, 3.63) is 35.2 Å². The maximum Gasteiger partial charge on any atom is 0.255 e. The molecule has 1 amide bonds. The van der Waals surface area contributed by atoms with E-state index in [0.29, 0.717) is 25.6 Å². The number of rotatable bonds is 6. The number of fused-ring (bicyclic) bond motifs is 1. The Morgan fingerprint density at radius 1 is 1.37 bits per heavy atom. The van der Waals surface area contributed by atoms with Gasteiger partial charge in [-0.25, -0.2) is 0 Å². The maximum atomic E-state index is 12.3. The molecule has 0 aliphatic rings. The van der Waals surface area contributed by atoms with Crippen molar-refractivity contribution in [3.63, 3.8) is 0 Å². The number of carbonyl (C=O) groups is 1. The summed E-state index contributed by atoms with van der Waals surface area (Å²) in [4.78, 5) is 14.0. The molecule has 0 radical (unpaired) electrons. The second-order valence-electron chi connectivity index (χ2n) is 4.17. The molecule has 19 heavy (non-hydrogen) atoms. The van der Waals surface area contributed by atoms with E-state index in [4.69, 9.17) is 16.3 Å². The lowest BCUT2D eigenvalue weighted by Crippen LogP contribution is -2.30. The molecule has 0 saturated carbocycles. The summed E-state index contributed by atoms with van der Waals surface area (Å²) < 4.78 is 6.42. The summed E-state index contributed by atoms with van der Waals surface area (Å²) in [5, 5.41) is 2.94. The molecule has 2 aromatic rings. The van der Waals surface area contributed by atoms with Gasteiger partial charge >= 0.3 is 0 Å². The zero-order valence-electron chi connectivity index (χ0n) is 10.8. The van der Waals surface area contributed by atoms with Crippen LogP contribution in [-0.2, 0) is 4.74 Å². The summed E-state index contributed by atoms with van der Waals surface area (Å²) in [6, 6.07) is 7.95. The van der Waals surface area contributed by atoms with Crippen molar-refractivity contribution in [2.75, 3.05) is 32.7 Å². The Morgan fingerprint density at radius 2 is 2.16 bits per heavy atom. The number of amides is 1. The van der Waals surface area contributed by atoms with Crippen molar-refractivity contribution < 1.29 is 9.53 Å². The maximum absolute atomic E-state index is 12.3. The molecule has 0 atom stereocenters. The predicted octanol–water partition coefficient (Wildman–Crippen LogP) is 3.23. The lowest BCUT2D eigenvalue weighted by molar-refractivity contribution is 0.0714. The number of hydrogen-bond acceptors (Lipinski definition) is 3. The molecule has 0 saturated heterocycles. The quantitative estimate of drug-likeness (QED) is 0.605. The zero-order valence-corrected chi connectivity index (χ0v) is 12.3. The van der Waals surface area contributed by atoms with Crippen LogP contribution in [0.5, 0.6) is 0 Å². The van der Waals surface area contributed by atoms with E-state index in [0.717, 1.165) is 15.6 Å². The van der Waals surface area contributed by atoms with E-state index in [2.05, 4.69) is 0 Å². The molecular formula is C14H16ClNO2S. The van der Waals surface area contributed by atoms with Crippen LogP contribution in [0.1, 0.15) is 10.4 Å². The van der Waals surface area contributed by atoms with Gasteiger partial charge in [0.15, 0.2) is 0 Å². The Morgan fingerprint density at radius 3 is 2.95 bits per heavy atom. The van der Waals surface area contributed by atoms with Gasteiger partial charge < -0.3 is 9.64 Å². The minimum absolute atomic E-state index is 0.0342. The Bertz CT molecular complexity index is 555. The highest BCUT2D eigenvalue weighted by atomic mass is 35.5. The smallest absolute Gasteiger partial charge is 0.255 e. The molecule has 1 heterocycles. The largest absolute Gasteiger partial charge is 0.378 e. The zero-order chi connectivity index (χ0) is 13.7. The Balaban J connectivity index is 2.02. The topological polar surface area (TPSA) is 29.5 Å². The number of alkyl halides is 1. The van der Waals surface area contributed by atoms with E-state index in [-0.39, 0.29) is 5.91 Å². The lowest BCUT2D eigenvalue weighted by Gasteiger charge is -2.16. The number of benzene rings is 1. The van der Waals surface area contributed by atoms with Crippen LogP contribution >= 0.6 is 22.9 Å². The number of carbonyl (C=O) groups excluding carboxylic acids is 1. The highest BCUT2D eigenvalue weighted by molar-refractivity contribution is 7.17. The summed E-state index contributed by atoms with van der Waals surface area (Å²) in [5.41, 5.74) is 0.764. The molecule has 102 valence electrons. The second kappa shape index (κ2) is 6.89. The van der Waals surface area contributed by atoms with E-state index in [9.17, 15) is 4.79 Å². The van der Waals surface area contributed by atoms with Gasteiger partial charge in [-0.15, -0.1) is 22.9 Å². The van der Waals surface area contributed by atoms with Gasteiger partial charge in [-0.2, -0.15) is 0 Å². The SMILES string of the molecule is CN(CCOCCCl)C(=O)c1csc2ccccc12. The van der Waals surface area contributed by atoms with Gasteiger partial charge in [0.25, 0.3) is 5.91 Å². The third-order valence-corrected chi connectivity index (χ3v) is 3.97. The summed E-state index contributed by atoms with van der Waals surface area (Å²) in [5.74, 6) is 0.513. The van der Waals surface area contributed by atoms with Gasteiger partial charge in [-0.3, -0.25) is 4.79 Å². The molecule has 0 aliphatic carbocycles. The van der Waals surface area contributed by atoms with Crippen LogP contribution in [0, 0.1) is 0 Å². The first-order valence-corrected chi connectivity index (χ1v) is 7.51. The first-order chi connectivity index (χ1) is 9.24. The fraction of sp³-hybridized carbons (Fsp3) is 0.357. The number of nitrogens with zero attached hydrogens (tertiary/aromatic N) is 1. The molecule has 0 bridgehead atoms. The standard InChI is InChI=1S/C14H16ClNO2S/c1-16(7-9-18-8-6-15)14(17)12-10-19-13-5-3-2-4-11(12)13/h2-5,10H,6-9H2,1H3. The molecule has 0 spiro atoms. The lowest BCUT2D eigenvalue weighted by atomic mass is 10.1. The van der Waals surface area contributed by atoms with Gasteiger partial charge in [-0.1, -0.05) is 18.2 Å². The molecule has 5 heteroatoms. The van der Waals surface area contributed by atoms with Crippen molar-refractivity contribution in [3.8, 4) is 0 Å². The average molecular weight is 298 g/mol. The van der Waals surface area contributed by atoms with Crippen LogP contribution in [0.2, 0.25) is 0 Å². The molecular weight excluding hydrogens is 282 g/mol. The summed E-state index contributed by atoms with van der Waals surface area (Å²) in [6.07, 6.45) is 0. The summed E-state index contributed by atoms with van der Waals surface area (Å²) >= 11 is 7.12. The van der Waals surface area contributed by atoms with Crippen molar-refractivity contribution in [2.45, 2.75) is 0 Å². The van der Waals surface area contributed by atoms with Crippen molar-refractivity contribution >= 4 is 38.9 Å². The number of ether oxygens (including phenoxy) is 1. The second-order valence-corrected chi connectivity index (χ2v) is 5.46. The average Bonchev–Trinajstić information content (AvgIpc) is 2.86. The predicted molar refractivity (Wildman–Crippen MR) is 80.3 cm³/mol. The first kappa shape index (κ1) is 14.3. The van der Waals surface area contributed by atoms with Crippen molar-refractivity contribution in [1.82, 2.24) is 4.90 Å². The van der Waals surface area contributed by atoms with Crippen LogP contribution in [0.15, 0.2) is 29.6 Å². The molecule has 1 aromatic heterocycles. The number of hydrogen-bond donors (Lipinski definition) is 0. The van der Waals surface area contributed by atoms with E-state index >= 15 is 0 Å². The molecule has 1 aromatic carbocycles. The third kappa shape index (κ3) is 3.47.